The molecule has 132 valence electrons. The van der Waals surface area contributed by atoms with Crippen LogP contribution in [0.2, 0.25) is 0 Å². The molecule has 3 heterocycles. The highest BCUT2D eigenvalue weighted by Gasteiger charge is 2.14. The van der Waals surface area contributed by atoms with Gasteiger partial charge in [0.15, 0.2) is 0 Å². The summed E-state index contributed by atoms with van der Waals surface area (Å²) in [5.41, 5.74) is 10.7. The number of nitrogens with zero attached hydrogens (tertiary/aromatic N) is 3. The molecule has 0 saturated carbocycles. The van der Waals surface area contributed by atoms with E-state index in [0.717, 1.165) is 33.2 Å². The summed E-state index contributed by atoms with van der Waals surface area (Å²) in [6.07, 6.45) is 6.96. The van der Waals surface area contributed by atoms with Gasteiger partial charge in [0, 0.05) is 35.7 Å². The second-order valence-corrected chi connectivity index (χ2v) is 5.97. The van der Waals surface area contributed by atoms with Crippen molar-refractivity contribution < 1.29 is 9.53 Å². The summed E-state index contributed by atoms with van der Waals surface area (Å²) in [7, 11) is 1.32. The van der Waals surface area contributed by atoms with Crippen LogP contribution in [-0.2, 0) is 4.74 Å². The van der Waals surface area contributed by atoms with E-state index >= 15 is 0 Å². The fourth-order valence-corrected chi connectivity index (χ4v) is 3.02. The summed E-state index contributed by atoms with van der Waals surface area (Å²) in [4.78, 5) is 24.6. The molecule has 0 atom stereocenters. The molecule has 1 aromatic carbocycles. The Morgan fingerprint density at radius 3 is 2.52 bits per heavy atom. The number of carbonyl (C=O) groups excluding carboxylic acids is 1. The summed E-state index contributed by atoms with van der Waals surface area (Å²) >= 11 is 0. The molecule has 0 radical (unpaired) electrons. The van der Waals surface area contributed by atoms with Gasteiger partial charge in [-0.25, -0.2) is 9.78 Å². The van der Waals surface area contributed by atoms with Crippen molar-refractivity contribution in [3.8, 4) is 22.3 Å². The van der Waals surface area contributed by atoms with Crippen LogP contribution in [-0.4, -0.2) is 28.0 Å². The predicted molar refractivity (Wildman–Crippen MR) is 104 cm³/mol. The quantitative estimate of drug-likeness (QED) is 0.563. The summed E-state index contributed by atoms with van der Waals surface area (Å²) in [5, 5.41) is 0.998. The standard InChI is InChI=1S/C21H16N4O2/c1-27-21(26)18-11-15(12-25-20(18)22)14-2-3-19-17(10-14)16(6-9-24-19)13-4-7-23-8-5-13/h2-12H,1H3,(H2,22,25). The van der Waals surface area contributed by atoms with E-state index < -0.39 is 5.97 Å². The molecule has 0 amide bonds. The van der Waals surface area contributed by atoms with Crippen molar-refractivity contribution in [1.82, 2.24) is 15.0 Å². The molecule has 0 fully saturated rings. The monoisotopic (exact) mass is 356 g/mol. The first-order valence-electron chi connectivity index (χ1n) is 8.31. The highest BCUT2D eigenvalue weighted by atomic mass is 16.5. The maximum Gasteiger partial charge on any atom is 0.341 e. The molecule has 4 rings (SSSR count). The average molecular weight is 356 g/mol. The van der Waals surface area contributed by atoms with Gasteiger partial charge in [-0.15, -0.1) is 0 Å². The Bertz CT molecular complexity index is 1140. The molecule has 27 heavy (non-hydrogen) atoms. The minimum atomic E-state index is -0.512. The highest BCUT2D eigenvalue weighted by molar-refractivity contribution is 5.98. The first-order valence-corrected chi connectivity index (χ1v) is 8.31. The third kappa shape index (κ3) is 3.08. The van der Waals surface area contributed by atoms with E-state index in [0.29, 0.717) is 0 Å². The van der Waals surface area contributed by atoms with Crippen LogP contribution >= 0.6 is 0 Å². The van der Waals surface area contributed by atoms with Gasteiger partial charge >= 0.3 is 5.97 Å². The molecule has 0 aliphatic carbocycles. The Labute approximate surface area is 155 Å². The first-order chi connectivity index (χ1) is 13.2. The molecule has 6 nitrogen and oxygen atoms in total. The Hall–Kier alpha value is -3.80. The van der Waals surface area contributed by atoms with Crippen LogP contribution in [0.3, 0.4) is 0 Å². The fourth-order valence-electron chi connectivity index (χ4n) is 3.02. The molecule has 3 aromatic heterocycles. The van der Waals surface area contributed by atoms with Gasteiger partial charge in [-0.05, 0) is 53.1 Å². The normalized spacial score (nSPS) is 10.7. The summed E-state index contributed by atoms with van der Waals surface area (Å²) in [5.74, 6) is -0.368. The molecule has 0 aliphatic rings. The van der Waals surface area contributed by atoms with Crippen molar-refractivity contribution in [2.75, 3.05) is 12.8 Å². The van der Waals surface area contributed by atoms with Crippen LogP contribution in [0.4, 0.5) is 5.82 Å². The number of carbonyl (C=O) groups is 1. The number of nitrogen functional groups attached to an aromatic ring is 1. The number of pyridine rings is 3. The first kappa shape index (κ1) is 16.7. The zero-order chi connectivity index (χ0) is 18.8. The van der Waals surface area contributed by atoms with Crippen molar-refractivity contribution >= 4 is 22.7 Å². The number of hydrogen-bond donors (Lipinski definition) is 1. The van der Waals surface area contributed by atoms with Gasteiger partial charge < -0.3 is 10.5 Å². The number of nitrogens with two attached hydrogens (primary N) is 1. The van der Waals surface area contributed by atoms with Gasteiger partial charge in [-0.3, -0.25) is 9.97 Å². The molecule has 0 spiro atoms. The molecule has 0 saturated heterocycles. The molecule has 6 heteroatoms. The van der Waals surface area contributed by atoms with Crippen LogP contribution in [0.5, 0.6) is 0 Å². The predicted octanol–water partition coefficient (Wildman–Crippen LogP) is 3.73. The third-order valence-corrected chi connectivity index (χ3v) is 4.39. The SMILES string of the molecule is COC(=O)c1cc(-c2ccc3nccc(-c4ccncc4)c3c2)cnc1N. The second-order valence-electron chi connectivity index (χ2n) is 5.97. The molecule has 0 aliphatic heterocycles. The minimum Gasteiger partial charge on any atom is -0.465 e. The average Bonchev–Trinajstić information content (AvgIpc) is 2.73. The number of aromatic nitrogens is 3. The zero-order valence-electron chi connectivity index (χ0n) is 14.6. The Morgan fingerprint density at radius 1 is 0.926 bits per heavy atom. The van der Waals surface area contributed by atoms with Crippen LogP contribution < -0.4 is 5.73 Å². The molecule has 2 N–H and O–H groups in total. The molecule has 4 aromatic rings. The van der Waals surface area contributed by atoms with E-state index in [1.54, 1.807) is 30.9 Å². The maximum absolute atomic E-state index is 11.9. The van der Waals surface area contributed by atoms with Crippen molar-refractivity contribution in [2.24, 2.45) is 0 Å². The van der Waals surface area contributed by atoms with Gasteiger partial charge in [-0.1, -0.05) is 6.07 Å². The Balaban J connectivity index is 1.88. The van der Waals surface area contributed by atoms with Crippen LogP contribution in [0, 0.1) is 0 Å². The number of anilines is 1. The van der Waals surface area contributed by atoms with E-state index in [4.69, 9.17) is 10.5 Å². The number of ether oxygens (including phenoxy) is 1. The molecular formula is C21H16N4O2. The van der Waals surface area contributed by atoms with E-state index in [1.807, 2.05) is 36.4 Å². The van der Waals surface area contributed by atoms with Crippen molar-refractivity contribution in [3.63, 3.8) is 0 Å². The van der Waals surface area contributed by atoms with E-state index in [2.05, 4.69) is 15.0 Å². The Morgan fingerprint density at radius 2 is 1.74 bits per heavy atom. The summed E-state index contributed by atoms with van der Waals surface area (Å²) < 4.78 is 4.78. The number of methoxy groups -OCH3 is 1. The number of benzene rings is 1. The van der Waals surface area contributed by atoms with Gasteiger partial charge in [0.25, 0.3) is 0 Å². The van der Waals surface area contributed by atoms with Gasteiger partial charge in [0.05, 0.1) is 12.6 Å². The fraction of sp³-hybridized carbons (Fsp3) is 0.0476. The lowest BCUT2D eigenvalue weighted by molar-refractivity contribution is 0.0601. The van der Waals surface area contributed by atoms with E-state index in [-0.39, 0.29) is 11.4 Å². The molecular weight excluding hydrogens is 340 g/mol. The third-order valence-electron chi connectivity index (χ3n) is 4.39. The van der Waals surface area contributed by atoms with Crippen LogP contribution in [0.25, 0.3) is 33.2 Å². The maximum atomic E-state index is 11.9. The Kier molecular flexibility index (Phi) is 4.22. The van der Waals surface area contributed by atoms with Gasteiger partial charge in [-0.2, -0.15) is 0 Å². The number of esters is 1. The lowest BCUT2D eigenvalue weighted by Crippen LogP contribution is -2.07. The topological polar surface area (TPSA) is 91.0 Å². The summed E-state index contributed by atoms with van der Waals surface area (Å²) in [6.45, 7) is 0. The summed E-state index contributed by atoms with van der Waals surface area (Å²) in [6, 6.07) is 13.5. The number of hydrogen-bond acceptors (Lipinski definition) is 6. The zero-order valence-corrected chi connectivity index (χ0v) is 14.6. The molecule has 0 bridgehead atoms. The van der Waals surface area contributed by atoms with E-state index in [1.165, 1.54) is 7.11 Å². The van der Waals surface area contributed by atoms with Crippen molar-refractivity contribution in [3.05, 3.63) is 72.8 Å². The van der Waals surface area contributed by atoms with Crippen LogP contribution in [0.1, 0.15) is 10.4 Å². The van der Waals surface area contributed by atoms with Crippen molar-refractivity contribution in [2.45, 2.75) is 0 Å². The van der Waals surface area contributed by atoms with Crippen molar-refractivity contribution in [1.29, 1.82) is 0 Å². The number of rotatable bonds is 3. The van der Waals surface area contributed by atoms with Crippen LogP contribution in [0.15, 0.2) is 67.3 Å². The lowest BCUT2D eigenvalue weighted by Gasteiger charge is -2.10. The molecule has 0 unspecified atom stereocenters. The van der Waals surface area contributed by atoms with E-state index in [9.17, 15) is 4.79 Å². The smallest absolute Gasteiger partial charge is 0.341 e. The van der Waals surface area contributed by atoms with Gasteiger partial charge in [0.2, 0.25) is 0 Å². The largest absolute Gasteiger partial charge is 0.465 e. The minimum absolute atomic E-state index is 0.144. The van der Waals surface area contributed by atoms with Gasteiger partial charge in [0.1, 0.15) is 11.4 Å². The highest BCUT2D eigenvalue weighted by Crippen LogP contribution is 2.31. The lowest BCUT2D eigenvalue weighted by atomic mass is 9.98. The second kappa shape index (κ2) is 6.84. The number of fused-ring (bicyclic) bond motifs is 1.